The third-order valence-electron chi connectivity index (χ3n) is 5.28. The summed E-state index contributed by atoms with van der Waals surface area (Å²) in [6.45, 7) is 10.8. The summed E-state index contributed by atoms with van der Waals surface area (Å²) in [5.74, 6) is -0.766. The standard InChI is InChI=1S/C19H38O2.C6H12O2/c1-4-6-8-10-11-12-13-14-16-18(3)19(20)21-17-15-9-7-5-2;1-3-4-5(2)6(7)8/h18H,4-17H2,1-3H3;5H,3-4H2,1-2H3,(H,7,8). The molecule has 0 saturated heterocycles. The highest BCUT2D eigenvalue weighted by atomic mass is 16.5. The van der Waals surface area contributed by atoms with Crippen LogP contribution in [0.2, 0.25) is 0 Å². The fourth-order valence-corrected chi connectivity index (χ4v) is 3.10. The Morgan fingerprint density at radius 1 is 0.655 bits per heavy atom. The molecule has 2 atom stereocenters. The van der Waals surface area contributed by atoms with E-state index in [-0.39, 0.29) is 17.8 Å². The van der Waals surface area contributed by atoms with Crippen molar-refractivity contribution in [1.29, 1.82) is 0 Å². The molecule has 0 aromatic heterocycles. The number of ether oxygens (including phenoxy) is 1. The first-order valence-electron chi connectivity index (χ1n) is 12.3. The lowest BCUT2D eigenvalue weighted by Gasteiger charge is -2.11. The molecular weight excluding hydrogens is 364 g/mol. The second-order valence-electron chi connectivity index (χ2n) is 8.42. The molecule has 4 heteroatoms. The molecule has 0 aliphatic rings. The summed E-state index contributed by atoms with van der Waals surface area (Å²) in [6.07, 6.45) is 18.0. The second kappa shape index (κ2) is 23.2. The van der Waals surface area contributed by atoms with Crippen LogP contribution in [0.15, 0.2) is 0 Å². The van der Waals surface area contributed by atoms with Gasteiger partial charge in [-0.2, -0.15) is 0 Å². The largest absolute Gasteiger partial charge is 0.481 e. The Morgan fingerprint density at radius 2 is 1.14 bits per heavy atom. The van der Waals surface area contributed by atoms with Gasteiger partial charge in [0.25, 0.3) is 0 Å². The molecule has 0 spiro atoms. The molecule has 2 unspecified atom stereocenters. The molecule has 0 rings (SSSR count). The van der Waals surface area contributed by atoms with Crippen LogP contribution in [-0.4, -0.2) is 23.7 Å². The number of carbonyl (C=O) groups is 2. The molecule has 0 radical (unpaired) electrons. The molecular formula is C25H50O4. The van der Waals surface area contributed by atoms with Gasteiger partial charge in [0.15, 0.2) is 0 Å². The van der Waals surface area contributed by atoms with Crippen molar-refractivity contribution in [3.05, 3.63) is 0 Å². The Labute approximate surface area is 181 Å². The van der Waals surface area contributed by atoms with Crippen LogP contribution < -0.4 is 0 Å². The summed E-state index contributed by atoms with van der Waals surface area (Å²) in [5.41, 5.74) is 0. The van der Waals surface area contributed by atoms with Gasteiger partial charge >= 0.3 is 11.9 Å². The highest BCUT2D eigenvalue weighted by Gasteiger charge is 2.13. The van der Waals surface area contributed by atoms with Crippen molar-refractivity contribution >= 4 is 11.9 Å². The lowest BCUT2D eigenvalue weighted by atomic mass is 10.0. The maximum absolute atomic E-state index is 11.8. The molecule has 0 aromatic carbocycles. The van der Waals surface area contributed by atoms with Crippen molar-refractivity contribution in [1.82, 2.24) is 0 Å². The molecule has 0 saturated carbocycles. The topological polar surface area (TPSA) is 63.6 Å². The van der Waals surface area contributed by atoms with Gasteiger partial charge in [-0.1, -0.05) is 112 Å². The Balaban J connectivity index is 0. The van der Waals surface area contributed by atoms with Crippen LogP contribution in [-0.2, 0) is 14.3 Å². The quantitative estimate of drug-likeness (QED) is 0.184. The molecule has 174 valence electrons. The molecule has 0 aromatic rings. The van der Waals surface area contributed by atoms with Gasteiger partial charge in [0, 0.05) is 0 Å². The first-order chi connectivity index (χ1) is 13.9. The average Bonchev–Trinajstić information content (AvgIpc) is 2.70. The van der Waals surface area contributed by atoms with E-state index < -0.39 is 5.97 Å². The Morgan fingerprint density at radius 3 is 1.59 bits per heavy atom. The Bertz CT molecular complexity index is 368. The SMILES string of the molecule is CCCC(C)C(=O)O.CCCCCCCCCCC(C)C(=O)OCCCCCC. The normalized spacial score (nSPS) is 12.6. The number of unbranched alkanes of at least 4 members (excludes halogenated alkanes) is 10. The summed E-state index contributed by atoms with van der Waals surface area (Å²) in [7, 11) is 0. The molecule has 0 amide bonds. The number of carboxylic acids is 1. The van der Waals surface area contributed by atoms with E-state index in [9.17, 15) is 9.59 Å². The van der Waals surface area contributed by atoms with Gasteiger partial charge < -0.3 is 9.84 Å². The number of carbonyl (C=O) groups excluding carboxylic acids is 1. The van der Waals surface area contributed by atoms with E-state index in [2.05, 4.69) is 13.8 Å². The smallest absolute Gasteiger partial charge is 0.308 e. The van der Waals surface area contributed by atoms with Gasteiger partial charge in [-0.15, -0.1) is 0 Å². The molecule has 0 aliphatic heterocycles. The van der Waals surface area contributed by atoms with Crippen LogP contribution in [0.5, 0.6) is 0 Å². The first-order valence-corrected chi connectivity index (χ1v) is 12.3. The van der Waals surface area contributed by atoms with Crippen molar-refractivity contribution < 1.29 is 19.4 Å². The van der Waals surface area contributed by atoms with Crippen LogP contribution in [0.1, 0.15) is 131 Å². The minimum Gasteiger partial charge on any atom is -0.481 e. The predicted octanol–water partition coefficient (Wildman–Crippen LogP) is 7.78. The maximum atomic E-state index is 11.8. The maximum Gasteiger partial charge on any atom is 0.308 e. The Kier molecular flexibility index (Phi) is 24.1. The zero-order valence-corrected chi connectivity index (χ0v) is 20.1. The molecule has 0 bridgehead atoms. The number of carboxylic acid groups (broad SMARTS) is 1. The van der Waals surface area contributed by atoms with Crippen LogP contribution in [0.25, 0.3) is 0 Å². The molecule has 0 aliphatic carbocycles. The summed E-state index contributed by atoms with van der Waals surface area (Å²) in [4.78, 5) is 21.9. The lowest BCUT2D eigenvalue weighted by molar-refractivity contribution is -0.148. The summed E-state index contributed by atoms with van der Waals surface area (Å²) in [5, 5.41) is 8.31. The molecule has 1 N–H and O–H groups in total. The van der Waals surface area contributed by atoms with E-state index in [1.807, 2.05) is 13.8 Å². The van der Waals surface area contributed by atoms with Crippen LogP contribution in [0.3, 0.4) is 0 Å². The minimum atomic E-state index is -0.688. The van der Waals surface area contributed by atoms with E-state index in [1.54, 1.807) is 6.92 Å². The summed E-state index contributed by atoms with van der Waals surface area (Å²) >= 11 is 0. The third kappa shape index (κ3) is 23.1. The van der Waals surface area contributed by atoms with Crippen molar-refractivity contribution in [3.63, 3.8) is 0 Å². The van der Waals surface area contributed by atoms with E-state index >= 15 is 0 Å². The van der Waals surface area contributed by atoms with E-state index in [4.69, 9.17) is 9.84 Å². The molecule has 0 fully saturated rings. The van der Waals surface area contributed by atoms with Gasteiger partial charge in [0.2, 0.25) is 0 Å². The van der Waals surface area contributed by atoms with Crippen molar-refractivity contribution in [2.24, 2.45) is 11.8 Å². The van der Waals surface area contributed by atoms with Gasteiger partial charge in [-0.25, -0.2) is 0 Å². The predicted molar refractivity (Wildman–Crippen MR) is 123 cm³/mol. The Hall–Kier alpha value is -1.06. The van der Waals surface area contributed by atoms with E-state index in [0.29, 0.717) is 6.61 Å². The van der Waals surface area contributed by atoms with Crippen LogP contribution in [0.4, 0.5) is 0 Å². The average molecular weight is 415 g/mol. The fraction of sp³-hybridized carbons (Fsp3) is 0.920. The second-order valence-corrected chi connectivity index (χ2v) is 8.42. The highest BCUT2D eigenvalue weighted by molar-refractivity contribution is 5.71. The monoisotopic (exact) mass is 414 g/mol. The number of esters is 1. The van der Waals surface area contributed by atoms with Gasteiger partial charge in [0.1, 0.15) is 0 Å². The summed E-state index contributed by atoms with van der Waals surface area (Å²) < 4.78 is 5.33. The van der Waals surface area contributed by atoms with Gasteiger partial charge in [-0.3, -0.25) is 9.59 Å². The van der Waals surface area contributed by atoms with E-state index in [0.717, 1.165) is 25.7 Å². The van der Waals surface area contributed by atoms with Crippen molar-refractivity contribution in [2.75, 3.05) is 6.61 Å². The third-order valence-corrected chi connectivity index (χ3v) is 5.28. The number of hydrogen-bond acceptors (Lipinski definition) is 3. The fourth-order valence-electron chi connectivity index (χ4n) is 3.10. The van der Waals surface area contributed by atoms with Crippen LogP contribution >= 0.6 is 0 Å². The molecule has 0 heterocycles. The molecule has 4 nitrogen and oxygen atoms in total. The van der Waals surface area contributed by atoms with E-state index in [1.165, 1.54) is 70.6 Å². The number of rotatable bonds is 18. The van der Waals surface area contributed by atoms with Crippen LogP contribution in [0, 0.1) is 11.8 Å². The van der Waals surface area contributed by atoms with Crippen molar-refractivity contribution in [2.45, 2.75) is 131 Å². The zero-order valence-electron chi connectivity index (χ0n) is 20.1. The number of hydrogen-bond donors (Lipinski definition) is 1. The number of aliphatic carboxylic acids is 1. The minimum absolute atomic E-state index is 0.00874. The summed E-state index contributed by atoms with van der Waals surface area (Å²) in [6, 6.07) is 0. The molecule has 29 heavy (non-hydrogen) atoms. The first kappa shape index (κ1) is 30.1. The highest BCUT2D eigenvalue weighted by Crippen LogP contribution is 2.14. The van der Waals surface area contributed by atoms with Gasteiger partial charge in [0.05, 0.1) is 18.4 Å². The van der Waals surface area contributed by atoms with Gasteiger partial charge in [-0.05, 0) is 19.3 Å². The lowest BCUT2D eigenvalue weighted by Crippen LogP contribution is -2.15. The van der Waals surface area contributed by atoms with Crippen molar-refractivity contribution in [3.8, 4) is 0 Å². The zero-order chi connectivity index (χ0) is 22.3.